The predicted molar refractivity (Wildman–Crippen MR) is 56.6 cm³/mol. The van der Waals surface area contributed by atoms with E-state index in [1.54, 1.807) is 0 Å². The highest BCUT2D eigenvalue weighted by Gasteiger charge is 2.06. The van der Waals surface area contributed by atoms with Crippen molar-refractivity contribution < 1.29 is 4.74 Å². The van der Waals surface area contributed by atoms with Crippen molar-refractivity contribution in [1.82, 2.24) is 5.32 Å². The minimum atomic E-state index is 0.309. The molecule has 13 heavy (non-hydrogen) atoms. The largest absolute Gasteiger partial charge is 0.377 e. The molecular formula is C11H21NO. The van der Waals surface area contributed by atoms with Gasteiger partial charge in [0.15, 0.2) is 0 Å². The number of nitrogens with one attached hydrogen (secondary N) is 1. The van der Waals surface area contributed by atoms with E-state index in [4.69, 9.17) is 11.2 Å². The minimum Gasteiger partial charge on any atom is -0.377 e. The molecule has 1 atom stereocenters. The molecule has 0 spiro atoms. The molecule has 0 heterocycles. The van der Waals surface area contributed by atoms with Gasteiger partial charge in [0.25, 0.3) is 0 Å². The van der Waals surface area contributed by atoms with Crippen LogP contribution in [0.5, 0.6) is 0 Å². The Morgan fingerprint density at radius 3 is 2.62 bits per heavy atom. The summed E-state index contributed by atoms with van der Waals surface area (Å²) >= 11 is 0. The molecule has 0 aliphatic heterocycles. The molecule has 1 unspecified atom stereocenters. The van der Waals surface area contributed by atoms with Gasteiger partial charge in [-0.3, -0.25) is 0 Å². The van der Waals surface area contributed by atoms with Crippen LogP contribution in [0.15, 0.2) is 0 Å². The first kappa shape index (κ1) is 12.5. The first-order valence-electron chi connectivity index (χ1n) is 4.93. The molecule has 0 saturated heterocycles. The monoisotopic (exact) mass is 183 g/mol. The molecular weight excluding hydrogens is 162 g/mol. The Kier molecular flexibility index (Phi) is 7.77. The quantitative estimate of drug-likeness (QED) is 0.480. The topological polar surface area (TPSA) is 21.3 Å². The fraction of sp³-hybridized carbons (Fsp3) is 0.818. The van der Waals surface area contributed by atoms with Crippen LogP contribution in [0.2, 0.25) is 0 Å². The molecule has 0 radical (unpaired) electrons. The highest BCUT2D eigenvalue weighted by Crippen LogP contribution is 2.01. The lowest BCUT2D eigenvalue weighted by molar-refractivity contribution is 0.0608. The molecule has 0 bridgehead atoms. The second-order valence-corrected chi connectivity index (χ2v) is 3.46. The zero-order valence-corrected chi connectivity index (χ0v) is 8.97. The maximum Gasteiger partial charge on any atom is 0.0622 e. The first-order chi connectivity index (χ1) is 6.20. The van der Waals surface area contributed by atoms with Gasteiger partial charge in [-0.05, 0) is 33.7 Å². The maximum atomic E-state index is 5.51. The lowest BCUT2D eigenvalue weighted by Gasteiger charge is -2.17. The van der Waals surface area contributed by atoms with Crippen molar-refractivity contribution >= 4 is 0 Å². The van der Waals surface area contributed by atoms with Crippen molar-refractivity contribution in [3.63, 3.8) is 0 Å². The smallest absolute Gasteiger partial charge is 0.0622 e. The van der Waals surface area contributed by atoms with Crippen LogP contribution in [0.4, 0.5) is 0 Å². The molecule has 0 saturated carbocycles. The molecule has 0 aliphatic rings. The summed E-state index contributed by atoms with van der Waals surface area (Å²) in [6.45, 7) is 4.88. The summed E-state index contributed by atoms with van der Waals surface area (Å²) in [4.78, 5) is 0. The highest BCUT2D eigenvalue weighted by atomic mass is 16.5. The second kappa shape index (κ2) is 8.10. The number of terminal acetylenes is 1. The van der Waals surface area contributed by atoms with E-state index in [1.165, 1.54) is 0 Å². The van der Waals surface area contributed by atoms with E-state index in [0.29, 0.717) is 12.1 Å². The van der Waals surface area contributed by atoms with Crippen molar-refractivity contribution in [3.05, 3.63) is 0 Å². The van der Waals surface area contributed by atoms with E-state index in [9.17, 15) is 0 Å². The predicted octanol–water partition coefficient (Wildman–Crippen LogP) is 1.80. The Bertz CT molecular complexity index is 149. The van der Waals surface area contributed by atoms with Crippen LogP contribution >= 0.6 is 0 Å². The lowest BCUT2D eigenvalue weighted by Crippen LogP contribution is -2.31. The van der Waals surface area contributed by atoms with Gasteiger partial charge in [-0.1, -0.05) is 0 Å². The van der Waals surface area contributed by atoms with Gasteiger partial charge in [0, 0.05) is 12.5 Å². The average molecular weight is 183 g/mol. The number of rotatable bonds is 7. The van der Waals surface area contributed by atoms with Crippen LogP contribution in [-0.2, 0) is 4.74 Å². The molecule has 0 fully saturated rings. The van der Waals surface area contributed by atoms with Crippen molar-refractivity contribution in [1.29, 1.82) is 0 Å². The number of hydrogen-bond acceptors (Lipinski definition) is 2. The first-order valence-corrected chi connectivity index (χ1v) is 4.93. The van der Waals surface area contributed by atoms with Gasteiger partial charge in [0.2, 0.25) is 0 Å². The SMILES string of the molecule is C#CCCCC(COC(C)C)NC. The van der Waals surface area contributed by atoms with Gasteiger partial charge in [-0.15, -0.1) is 12.3 Å². The standard InChI is InChI=1S/C11H21NO/c1-5-6-7-8-11(12-4)9-13-10(2)3/h1,10-12H,6-9H2,2-4H3. The van der Waals surface area contributed by atoms with Crippen LogP contribution in [0.1, 0.15) is 33.1 Å². The van der Waals surface area contributed by atoms with E-state index in [1.807, 2.05) is 20.9 Å². The molecule has 2 nitrogen and oxygen atoms in total. The van der Waals surface area contributed by atoms with E-state index in [2.05, 4.69) is 11.2 Å². The molecule has 0 aromatic heterocycles. The van der Waals surface area contributed by atoms with Crippen molar-refractivity contribution in [2.75, 3.05) is 13.7 Å². The van der Waals surface area contributed by atoms with Crippen molar-refractivity contribution in [2.24, 2.45) is 0 Å². The Balaban J connectivity index is 3.46. The van der Waals surface area contributed by atoms with Gasteiger partial charge >= 0.3 is 0 Å². The van der Waals surface area contributed by atoms with E-state index in [0.717, 1.165) is 25.9 Å². The minimum absolute atomic E-state index is 0.309. The van der Waals surface area contributed by atoms with E-state index >= 15 is 0 Å². The van der Waals surface area contributed by atoms with Crippen LogP contribution in [0.25, 0.3) is 0 Å². The summed E-state index contributed by atoms with van der Waals surface area (Å²) in [7, 11) is 1.96. The summed E-state index contributed by atoms with van der Waals surface area (Å²) in [5, 5.41) is 3.22. The van der Waals surface area contributed by atoms with Crippen LogP contribution in [0, 0.1) is 12.3 Å². The van der Waals surface area contributed by atoms with Gasteiger partial charge in [-0.2, -0.15) is 0 Å². The third-order valence-corrected chi connectivity index (χ3v) is 1.91. The van der Waals surface area contributed by atoms with Gasteiger partial charge in [-0.25, -0.2) is 0 Å². The van der Waals surface area contributed by atoms with Crippen LogP contribution < -0.4 is 5.32 Å². The molecule has 2 heteroatoms. The number of likely N-dealkylation sites (N-methyl/N-ethyl adjacent to an activating group) is 1. The number of ether oxygens (including phenoxy) is 1. The summed E-state index contributed by atoms with van der Waals surface area (Å²) in [6.07, 6.45) is 8.51. The van der Waals surface area contributed by atoms with Crippen molar-refractivity contribution in [2.45, 2.75) is 45.3 Å². The molecule has 0 aromatic carbocycles. The summed E-state index contributed by atoms with van der Waals surface area (Å²) in [5.74, 6) is 2.64. The molecule has 76 valence electrons. The lowest BCUT2D eigenvalue weighted by atomic mass is 10.1. The third-order valence-electron chi connectivity index (χ3n) is 1.91. The van der Waals surface area contributed by atoms with Crippen molar-refractivity contribution in [3.8, 4) is 12.3 Å². The summed E-state index contributed by atoms with van der Waals surface area (Å²) in [6, 6.07) is 0.441. The van der Waals surface area contributed by atoms with E-state index < -0.39 is 0 Å². The fourth-order valence-corrected chi connectivity index (χ4v) is 1.07. The Labute approximate surface area is 82.1 Å². The molecule has 0 amide bonds. The van der Waals surface area contributed by atoms with E-state index in [-0.39, 0.29) is 0 Å². The molecule has 1 N–H and O–H groups in total. The average Bonchev–Trinajstić information content (AvgIpc) is 2.10. The Morgan fingerprint density at radius 2 is 2.15 bits per heavy atom. The van der Waals surface area contributed by atoms with Gasteiger partial charge < -0.3 is 10.1 Å². The Morgan fingerprint density at radius 1 is 1.46 bits per heavy atom. The second-order valence-electron chi connectivity index (χ2n) is 3.46. The Hall–Kier alpha value is -0.520. The van der Waals surface area contributed by atoms with Gasteiger partial charge in [0.05, 0.1) is 12.7 Å². The zero-order chi connectivity index (χ0) is 10.1. The van der Waals surface area contributed by atoms with Crippen LogP contribution in [0.3, 0.4) is 0 Å². The molecule has 0 aromatic rings. The molecule has 0 aliphatic carbocycles. The number of unbranched alkanes of at least 4 members (excludes halogenated alkanes) is 1. The van der Waals surface area contributed by atoms with Gasteiger partial charge in [0.1, 0.15) is 0 Å². The maximum absolute atomic E-state index is 5.51. The van der Waals surface area contributed by atoms with Crippen LogP contribution in [-0.4, -0.2) is 25.8 Å². The summed E-state index contributed by atoms with van der Waals surface area (Å²) in [5.41, 5.74) is 0. The fourth-order valence-electron chi connectivity index (χ4n) is 1.07. The normalized spacial score (nSPS) is 12.8. The highest BCUT2D eigenvalue weighted by molar-refractivity contribution is 4.83. The third kappa shape index (κ3) is 7.83. The molecule has 0 rings (SSSR count). The number of hydrogen-bond donors (Lipinski definition) is 1. The zero-order valence-electron chi connectivity index (χ0n) is 8.97. The summed E-state index contributed by atoms with van der Waals surface area (Å²) < 4.78 is 5.51.